The molecule has 0 spiro atoms. The summed E-state index contributed by atoms with van der Waals surface area (Å²) in [6.45, 7) is 6.32. The average Bonchev–Trinajstić information content (AvgIpc) is 2.87. The second-order valence-corrected chi connectivity index (χ2v) is 8.76. The van der Waals surface area contributed by atoms with E-state index in [-0.39, 0.29) is 24.0 Å². The number of morpholine rings is 1. The topological polar surface area (TPSA) is 97.0 Å². The number of amides is 2. The summed E-state index contributed by atoms with van der Waals surface area (Å²) in [5.74, 6) is -0.656. The Kier molecular flexibility index (Phi) is 9.86. The van der Waals surface area contributed by atoms with Crippen molar-refractivity contribution in [3.05, 3.63) is 83.7 Å². The molecule has 0 saturated carbocycles. The predicted octanol–water partition coefficient (Wildman–Crippen LogP) is 3.50. The number of nitrogens with zero attached hydrogens (tertiary/aromatic N) is 1. The fourth-order valence-electron chi connectivity index (χ4n) is 3.61. The Labute approximate surface area is 206 Å². The molecule has 1 aliphatic rings. The number of carbonyl (C=O) groups is 3. The third-order valence-electron chi connectivity index (χ3n) is 5.42. The number of ketones is 1. The van der Waals surface area contributed by atoms with Crippen molar-refractivity contribution in [2.45, 2.75) is 32.9 Å². The monoisotopic (exact) mass is 479 g/mol. The largest absolute Gasteiger partial charge is 0.445 e. The summed E-state index contributed by atoms with van der Waals surface area (Å²) in [5, 5.41) is 5.43. The third-order valence-corrected chi connectivity index (χ3v) is 5.42. The molecule has 0 bridgehead atoms. The maximum absolute atomic E-state index is 13.3. The third kappa shape index (κ3) is 8.57. The van der Waals surface area contributed by atoms with Crippen LogP contribution in [0.1, 0.15) is 36.2 Å². The summed E-state index contributed by atoms with van der Waals surface area (Å²) < 4.78 is 10.7. The minimum atomic E-state index is -0.866. The highest BCUT2D eigenvalue weighted by atomic mass is 16.5. The van der Waals surface area contributed by atoms with Gasteiger partial charge in [0.2, 0.25) is 11.7 Å². The number of ether oxygens (including phenoxy) is 2. The summed E-state index contributed by atoms with van der Waals surface area (Å²) in [6.07, 6.45) is 1.36. The molecule has 0 radical (unpaired) electrons. The molecule has 3 rings (SSSR count). The highest BCUT2D eigenvalue weighted by molar-refractivity contribution is 6.10. The number of nitrogens with one attached hydrogen (secondary N) is 2. The molecule has 0 aliphatic carbocycles. The molecule has 2 aromatic carbocycles. The zero-order valence-corrected chi connectivity index (χ0v) is 20.2. The molecule has 8 heteroatoms. The van der Waals surface area contributed by atoms with E-state index in [1.807, 2.05) is 55.1 Å². The Balaban J connectivity index is 1.72. The van der Waals surface area contributed by atoms with Gasteiger partial charge in [0, 0.05) is 24.9 Å². The molecule has 2 aromatic rings. The summed E-state index contributed by atoms with van der Waals surface area (Å²) in [7, 11) is 0. The molecule has 0 aromatic heterocycles. The van der Waals surface area contributed by atoms with Crippen molar-refractivity contribution < 1.29 is 23.9 Å². The zero-order valence-electron chi connectivity index (χ0n) is 20.2. The first-order valence-corrected chi connectivity index (χ1v) is 11.8. The lowest BCUT2D eigenvalue weighted by Gasteiger charge is -2.27. The molecule has 1 unspecified atom stereocenters. The fraction of sp³-hybridized carbons (Fsp3) is 0.370. The van der Waals surface area contributed by atoms with Gasteiger partial charge in [0.05, 0.1) is 13.2 Å². The summed E-state index contributed by atoms with van der Waals surface area (Å²) in [5.41, 5.74) is 1.45. The van der Waals surface area contributed by atoms with E-state index >= 15 is 0 Å². The Morgan fingerprint density at radius 3 is 2.26 bits per heavy atom. The van der Waals surface area contributed by atoms with Gasteiger partial charge >= 0.3 is 6.09 Å². The lowest BCUT2D eigenvalue weighted by molar-refractivity contribution is -0.122. The van der Waals surface area contributed by atoms with Gasteiger partial charge in [-0.3, -0.25) is 9.59 Å². The first-order chi connectivity index (χ1) is 16.9. The predicted molar refractivity (Wildman–Crippen MR) is 132 cm³/mol. The van der Waals surface area contributed by atoms with Crippen LogP contribution in [-0.4, -0.2) is 55.0 Å². The van der Waals surface area contributed by atoms with Crippen molar-refractivity contribution >= 4 is 17.8 Å². The standard InChI is InChI=1S/C27H33N3O5/c1-20(2)17-23(29-27(33)35-19-21-9-5-3-6-10-21)26(32)28-24(18-30-13-15-34-16-14-30)25(31)22-11-7-4-8-12-22/h3-12,18,20,23H,13-17,19H2,1-2H3,(H,28,32)(H,29,33)/b24-18-. The van der Waals surface area contributed by atoms with Crippen LogP contribution >= 0.6 is 0 Å². The van der Waals surface area contributed by atoms with Gasteiger partial charge in [-0.1, -0.05) is 74.5 Å². The van der Waals surface area contributed by atoms with Crippen LogP contribution in [0.3, 0.4) is 0 Å². The van der Waals surface area contributed by atoms with Crippen LogP contribution < -0.4 is 10.6 Å². The summed E-state index contributed by atoms with van der Waals surface area (Å²) >= 11 is 0. The maximum atomic E-state index is 13.3. The minimum Gasteiger partial charge on any atom is -0.445 e. The first-order valence-electron chi connectivity index (χ1n) is 11.8. The Bertz CT molecular complexity index is 1000. The van der Waals surface area contributed by atoms with Crippen molar-refractivity contribution in [2.75, 3.05) is 26.3 Å². The second-order valence-electron chi connectivity index (χ2n) is 8.76. The molecule has 35 heavy (non-hydrogen) atoms. The number of alkyl carbamates (subject to hydrolysis) is 1. The summed E-state index contributed by atoms with van der Waals surface area (Å²) in [4.78, 5) is 40.9. The smallest absolute Gasteiger partial charge is 0.408 e. The van der Waals surface area contributed by atoms with Crippen molar-refractivity contribution in [2.24, 2.45) is 5.92 Å². The van der Waals surface area contributed by atoms with Crippen molar-refractivity contribution in [1.29, 1.82) is 0 Å². The van der Waals surface area contributed by atoms with Crippen LogP contribution in [0.15, 0.2) is 72.6 Å². The van der Waals surface area contributed by atoms with Crippen LogP contribution in [0.5, 0.6) is 0 Å². The fourth-order valence-corrected chi connectivity index (χ4v) is 3.61. The maximum Gasteiger partial charge on any atom is 0.408 e. The van der Waals surface area contributed by atoms with E-state index in [1.165, 1.54) is 0 Å². The number of allylic oxidation sites excluding steroid dienone is 1. The number of hydrogen-bond donors (Lipinski definition) is 2. The average molecular weight is 480 g/mol. The SMILES string of the molecule is CC(C)CC(NC(=O)OCc1ccccc1)C(=O)N/C(=C\N1CCOCC1)C(=O)c1ccccc1. The van der Waals surface area contributed by atoms with Gasteiger partial charge in [0.25, 0.3) is 0 Å². The van der Waals surface area contributed by atoms with E-state index < -0.39 is 18.0 Å². The van der Waals surface area contributed by atoms with Crippen LogP contribution in [0.25, 0.3) is 0 Å². The second kappa shape index (κ2) is 13.3. The molecule has 186 valence electrons. The van der Waals surface area contributed by atoms with Gasteiger partial charge in [-0.05, 0) is 17.9 Å². The normalized spacial score (nSPS) is 14.8. The van der Waals surface area contributed by atoms with Gasteiger partial charge in [0.1, 0.15) is 18.3 Å². The highest BCUT2D eigenvalue weighted by Gasteiger charge is 2.26. The van der Waals surface area contributed by atoms with Gasteiger partial charge < -0.3 is 25.0 Å². The van der Waals surface area contributed by atoms with Crippen LogP contribution in [0, 0.1) is 5.92 Å². The van der Waals surface area contributed by atoms with Gasteiger partial charge in [0.15, 0.2) is 0 Å². The van der Waals surface area contributed by atoms with E-state index in [1.54, 1.807) is 30.5 Å². The number of rotatable bonds is 10. The summed E-state index contributed by atoms with van der Waals surface area (Å²) in [6, 6.07) is 17.2. The van der Waals surface area contributed by atoms with Crippen LogP contribution in [-0.2, 0) is 20.9 Å². The van der Waals surface area contributed by atoms with E-state index in [9.17, 15) is 14.4 Å². The minimum absolute atomic E-state index is 0.0946. The van der Waals surface area contributed by atoms with E-state index in [2.05, 4.69) is 10.6 Å². The zero-order chi connectivity index (χ0) is 25.0. The lowest BCUT2D eigenvalue weighted by atomic mass is 10.0. The van der Waals surface area contributed by atoms with Crippen molar-refractivity contribution in [3.63, 3.8) is 0 Å². The van der Waals surface area contributed by atoms with Crippen molar-refractivity contribution in [3.8, 4) is 0 Å². The molecular formula is C27H33N3O5. The molecule has 2 amide bonds. The number of carbonyl (C=O) groups excluding carboxylic acids is 3. The Morgan fingerprint density at radius 1 is 1.00 bits per heavy atom. The molecule has 2 N–H and O–H groups in total. The molecule has 1 saturated heterocycles. The van der Waals surface area contributed by atoms with Crippen molar-refractivity contribution in [1.82, 2.24) is 15.5 Å². The number of hydrogen-bond acceptors (Lipinski definition) is 6. The van der Waals surface area contributed by atoms with Gasteiger partial charge in [-0.25, -0.2) is 4.79 Å². The van der Waals surface area contributed by atoms with Crippen LogP contribution in [0.2, 0.25) is 0 Å². The molecule has 1 fully saturated rings. The lowest BCUT2D eigenvalue weighted by Crippen LogP contribution is -2.48. The van der Waals surface area contributed by atoms with Gasteiger partial charge in [-0.2, -0.15) is 0 Å². The molecule has 1 aliphatic heterocycles. The number of benzene rings is 2. The molecular weight excluding hydrogens is 446 g/mol. The number of Topliss-reactive ketones (excluding diaryl/α,β-unsaturated/α-hetero) is 1. The quantitative estimate of drug-likeness (QED) is 0.400. The van der Waals surface area contributed by atoms with E-state index in [0.717, 1.165) is 5.56 Å². The van der Waals surface area contributed by atoms with Gasteiger partial charge in [-0.15, -0.1) is 0 Å². The molecule has 8 nitrogen and oxygen atoms in total. The van der Waals surface area contributed by atoms with Crippen LogP contribution in [0.4, 0.5) is 4.79 Å². The highest BCUT2D eigenvalue weighted by Crippen LogP contribution is 2.12. The van der Waals surface area contributed by atoms with E-state index in [4.69, 9.17) is 9.47 Å². The Hall–Kier alpha value is -3.65. The molecule has 1 heterocycles. The van der Waals surface area contributed by atoms with E-state index in [0.29, 0.717) is 38.3 Å². The first kappa shape index (κ1) is 26.0. The Morgan fingerprint density at radius 2 is 1.63 bits per heavy atom. The molecule has 1 atom stereocenters.